The van der Waals surface area contributed by atoms with Gasteiger partial charge in [0.1, 0.15) is 5.75 Å². The molecule has 0 N–H and O–H groups in total. The zero-order valence-corrected chi connectivity index (χ0v) is 20.2. The van der Waals surface area contributed by atoms with Crippen molar-refractivity contribution in [1.29, 1.82) is 0 Å². The number of benzene rings is 1. The molecule has 0 bridgehead atoms. The molecule has 0 aliphatic heterocycles. The fraction of sp³-hybridized carbons (Fsp3) is 0.440. The maximum Gasteiger partial charge on any atom is 0.339 e. The SMILES string of the molecule is CCOc1ccc(CN(C)C(=O)COC(=O)c2cc(C(C)C)nc3c2cnn3C(C)C)cc1. The minimum absolute atomic E-state index is 0.0964. The van der Waals surface area contributed by atoms with Gasteiger partial charge in [-0.2, -0.15) is 5.10 Å². The van der Waals surface area contributed by atoms with Crippen molar-refractivity contribution in [2.75, 3.05) is 20.3 Å². The van der Waals surface area contributed by atoms with Crippen LogP contribution in [-0.4, -0.2) is 51.8 Å². The molecule has 2 heterocycles. The lowest BCUT2D eigenvalue weighted by atomic mass is 10.1. The number of carbonyl (C=O) groups excluding carboxylic acids is 2. The van der Waals surface area contributed by atoms with Crippen LogP contribution in [0.25, 0.3) is 11.0 Å². The first-order valence-electron chi connectivity index (χ1n) is 11.2. The van der Waals surface area contributed by atoms with E-state index in [-0.39, 0.29) is 24.5 Å². The Hall–Kier alpha value is -3.42. The molecule has 0 unspecified atom stereocenters. The van der Waals surface area contributed by atoms with Crippen molar-refractivity contribution >= 4 is 22.9 Å². The molecule has 0 atom stereocenters. The van der Waals surface area contributed by atoms with E-state index in [2.05, 4.69) is 5.10 Å². The number of nitrogens with zero attached hydrogens (tertiary/aromatic N) is 4. The Labute approximate surface area is 194 Å². The van der Waals surface area contributed by atoms with E-state index in [0.717, 1.165) is 17.0 Å². The monoisotopic (exact) mass is 452 g/mol. The first-order chi connectivity index (χ1) is 15.7. The lowest BCUT2D eigenvalue weighted by Crippen LogP contribution is -2.30. The van der Waals surface area contributed by atoms with Crippen molar-refractivity contribution in [3.63, 3.8) is 0 Å². The third-order valence-corrected chi connectivity index (χ3v) is 5.29. The molecule has 0 aliphatic rings. The molecule has 0 fully saturated rings. The molecule has 3 aromatic rings. The fourth-order valence-electron chi connectivity index (χ4n) is 3.41. The summed E-state index contributed by atoms with van der Waals surface area (Å²) in [6, 6.07) is 9.39. The van der Waals surface area contributed by atoms with Crippen LogP contribution in [0.4, 0.5) is 0 Å². The van der Waals surface area contributed by atoms with E-state index in [9.17, 15) is 9.59 Å². The Balaban J connectivity index is 1.70. The molecular formula is C25H32N4O4. The molecule has 1 aromatic carbocycles. The summed E-state index contributed by atoms with van der Waals surface area (Å²) in [5, 5.41) is 5.01. The molecule has 0 radical (unpaired) electrons. The number of fused-ring (bicyclic) bond motifs is 1. The smallest absolute Gasteiger partial charge is 0.339 e. The van der Waals surface area contributed by atoms with Gasteiger partial charge in [0.25, 0.3) is 5.91 Å². The number of ether oxygens (including phenoxy) is 2. The molecule has 176 valence electrons. The maximum absolute atomic E-state index is 12.9. The van der Waals surface area contributed by atoms with Crippen LogP contribution >= 0.6 is 0 Å². The van der Waals surface area contributed by atoms with Crippen molar-refractivity contribution in [2.24, 2.45) is 0 Å². The lowest BCUT2D eigenvalue weighted by molar-refractivity contribution is -0.133. The van der Waals surface area contributed by atoms with Gasteiger partial charge < -0.3 is 14.4 Å². The van der Waals surface area contributed by atoms with Crippen LogP contribution in [0.2, 0.25) is 0 Å². The average Bonchev–Trinajstić information content (AvgIpc) is 3.22. The molecule has 0 saturated heterocycles. The number of esters is 1. The first kappa shape index (κ1) is 24.2. The Morgan fingerprint density at radius 3 is 2.42 bits per heavy atom. The zero-order chi connectivity index (χ0) is 24.1. The predicted molar refractivity (Wildman–Crippen MR) is 126 cm³/mol. The number of hydrogen-bond donors (Lipinski definition) is 0. The van der Waals surface area contributed by atoms with Gasteiger partial charge in [-0.3, -0.25) is 4.79 Å². The number of carbonyl (C=O) groups is 2. The highest BCUT2D eigenvalue weighted by molar-refractivity contribution is 6.03. The topological polar surface area (TPSA) is 86.5 Å². The van der Waals surface area contributed by atoms with Gasteiger partial charge in [-0.1, -0.05) is 26.0 Å². The minimum Gasteiger partial charge on any atom is -0.494 e. The van der Waals surface area contributed by atoms with Crippen molar-refractivity contribution in [3.8, 4) is 5.75 Å². The Kier molecular flexibility index (Phi) is 7.68. The zero-order valence-electron chi connectivity index (χ0n) is 20.2. The predicted octanol–water partition coefficient (Wildman–Crippen LogP) is 4.35. The maximum atomic E-state index is 12.9. The van der Waals surface area contributed by atoms with Gasteiger partial charge in [0.2, 0.25) is 0 Å². The van der Waals surface area contributed by atoms with E-state index in [4.69, 9.17) is 14.5 Å². The lowest BCUT2D eigenvalue weighted by Gasteiger charge is -2.18. The van der Waals surface area contributed by atoms with Gasteiger partial charge in [-0.05, 0) is 50.5 Å². The molecule has 0 aliphatic carbocycles. The van der Waals surface area contributed by atoms with Crippen LogP contribution in [0.3, 0.4) is 0 Å². The van der Waals surface area contributed by atoms with Gasteiger partial charge in [-0.15, -0.1) is 0 Å². The number of amides is 1. The Morgan fingerprint density at radius 1 is 1.12 bits per heavy atom. The summed E-state index contributed by atoms with van der Waals surface area (Å²) >= 11 is 0. The normalized spacial score (nSPS) is 11.3. The van der Waals surface area contributed by atoms with E-state index in [0.29, 0.717) is 29.7 Å². The highest BCUT2D eigenvalue weighted by Gasteiger charge is 2.21. The molecule has 0 saturated carbocycles. The fourth-order valence-corrected chi connectivity index (χ4v) is 3.41. The number of pyridine rings is 1. The number of likely N-dealkylation sites (N-methyl/N-ethyl adjacent to an activating group) is 1. The van der Waals surface area contributed by atoms with Crippen LogP contribution in [0.5, 0.6) is 5.75 Å². The molecule has 0 spiro atoms. The number of rotatable bonds is 9. The Bertz CT molecular complexity index is 1120. The van der Waals surface area contributed by atoms with Crippen LogP contribution < -0.4 is 4.74 Å². The highest BCUT2D eigenvalue weighted by atomic mass is 16.5. The first-order valence-corrected chi connectivity index (χ1v) is 11.2. The second-order valence-corrected chi connectivity index (χ2v) is 8.57. The summed E-state index contributed by atoms with van der Waals surface area (Å²) in [5.74, 6) is 0.0626. The summed E-state index contributed by atoms with van der Waals surface area (Å²) in [5.41, 5.74) is 2.75. The van der Waals surface area contributed by atoms with E-state index >= 15 is 0 Å². The molecule has 1 amide bonds. The number of hydrogen-bond acceptors (Lipinski definition) is 6. The van der Waals surface area contributed by atoms with E-state index in [1.54, 1.807) is 24.0 Å². The van der Waals surface area contributed by atoms with Gasteiger partial charge in [0.05, 0.1) is 23.8 Å². The second-order valence-electron chi connectivity index (χ2n) is 8.57. The molecule has 3 rings (SSSR count). The van der Waals surface area contributed by atoms with Crippen LogP contribution in [0.1, 0.15) is 68.2 Å². The molecule has 8 nitrogen and oxygen atoms in total. The third kappa shape index (κ3) is 5.69. The molecule has 2 aromatic heterocycles. The Morgan fingerprint density at radius 2 is 1.82 bits per heavy atom. The highest BCUT2D eigenvalue weighted by Crippen LogP contribution is 2.25. The van der Waals surface area contributed by atoms with Crippen molar-refractivity contribution in [1.82, 2.24) is 19.7 Å². The average molecular weight is 453 g/mol. The van der Waals surface area contributed by atoms with Gasteiger partial charge in [-0.25, -0.2) is 14.5 Å². The summed E-state index contributed by atoms with van der Waals surface area (Å²) < 4.78 is 12.6. The van der Waals surface area contributed by atoms with E-state index in [1.807, 2.05) is 58.9 Å². The summed E-state index contributed by atoms with van der Waals surface area (Å²) in [7, 11) is 1.68. The standard InChI is InChI=1S/C25H32N4O4/c1-7-32-19-10-8-18(9-11-19)14-28(6)23(30)15-33-25(31)20-12-22(16(2)3)27-24-21(20)13-26-29(24)17(4)5/h8-13,16-17H,7,14-15H2,1-6H3. The van der Waals surface area contributed by atoms with Gasteiger partial charge in [0, 0.05) is 25.3 Å². The van der Waals surface area contributed by atoms with Gasteiger partial charge in [0.15, 0.2) is 12.3 Å². The van der Waals surface area contributed by atoms with Crippen molar-refractivity contribution in [2.45, 2.75) is 53.1 Å². The summed E-state index contributed by atoms with van der Waals surface area (Å²) in [6.07, 6.45) is 1.63. The van der Waals surface area contributed by atoms with Gasteiger partial charge >= 0.3 is 5.97 Å². The number of aromatic nitrogens is 3. The van der Waals surface area contributed by atoms with Crippen LogP contribution in [-0.2, 0) is 16.1 Å². The molecule has 33 heavy (non-hydrogen) atoms. The second kappa shape index (κ2) is 10.5. The largest absolute Gasteiger partial charge is 0.494 e. The van der Waals surface area contributed by atoms with Crippen LogP contribution in [0, 0.1) is 0 Å². The van der Waals surface area contributed by atoms with Crippen molar-refractivity contribution < 1.29 is 19.1 Å². The van der Waals surface area contributed by atoms with Crippen LogP contribution in [0.15, 0.2) is 36.5 Å². The summed E-state index contributed by atoms with van der Waals surface area (Å²) in [4.78, 5) is 31.7. The van der Waals surface area contributed by atoms with E-state index < -0.39 is 5.97 Å². The molecular weight excluding hydrogens is 420 g/mol. The minimum atomic E-state index is -0.560. The van der Waals surface area contributed by atoms with E-state index in [1.165, 1.54) is 4.90 Å². The third-order valence-electron chi connectivity index (χ3n) is 5.29. The van der Waals surface area contributed by atoms with Crippen molar-refractivity contribution in [3.05, 3.63) is 53.3 Å². The summed E-state index contributed by atoms with van der Waals surface area (Å²) in [6.45, 7) is 10.6. The quantitative estimate of drug-likeness (QED) is 0.449. The molecule has 8 heteroatoms.